The number of likely N-dealkylation sites (tertiary alicyclic amines) is 1. The van der Waals surface area contributed by atoms with Crippen LogP contribution in [0.15, 0.2) is 18.2 Å². The molecule has 0 radical (unpaired) electrons. The summed E-state index contributed by atoms with van der Waals surface area (Å²) in [6.07, 6.45) is 1.03. The predicted octanol–water partition coefficient (Wildman–Crippen LogP) is 2.48. The van der Waals surface area contributed by atoms with Crippen LogP contribution < -0.4 is 5.73 Å². The van der Waals surface area contributed by atoms with E-state index in [1.807, 2.05) is 4.90 Å². The molecule has 1 atom stereocenters. The van der Waals surface area contributed by atoms with Gasteiger partial charge in [0.2, 0.25) is 0 Å². The Morgan fingerprint density at radius 1 is 1.45 bits per heavy atom. The second kappa shape index (κ2) is 6.46. The molecule has 1 heterocycles. The zero-order chi connectivity index (χ0) is 14.7. The van der Waals surface area contributed by atoms with Crippen LogP contribution in [0.1, 0.15) is 30.6 Å². The van der Waals surface area contributed by atoms with Crippen molar-refractivity contribution in [3.63, 3.8) is 0 Å². The first-order valence-electron chi connectivity index (χ1n) is 7.15. The van der Waals surface area contributed by atoms with Crippen molar-refractivity contribution < 1.29 is 4.79 Å². The molecule has 5 heteroatoms. The fraction of sp³-hybridized carbons (Fsp3) is 0.533. The second-order valence-electron chi connectivity index (χ2n) is 5.15. The van der Waals surface area contributed by atoms with E-state index >= 15 is 0 Å². The van der Waals surface area contributed by atoms with Crippen LogP contribution >= 0.6 is 11.6 Å². The summed E-state index contributed by atoms with van der Waals surface area (Å²) in [6.45, 7) is 7.93. The molecule has 0 aromatic heterocycles. The van der Waals surface area contributed by atoms with Crippen LogP contribution in [-0.4, -0.2) is 47.9 Å². The number of hydrogen-bond acceptors (Lipinski definition) is 3. The molecule has 0 bridgehead atoms. The number of halogens is 1. The van der Waals surface area contributed by atoms with Gasteiger partial charge in [0.15, 0.2) is 0 Å². The summed E-state index contributed by atoms with van der Waals surface area (Å²) in [6, 6.07) is 5.52. The SMILES string of the molecule is CCN(CC)C1CCN(C(=O)c2ccc(N)cc2Cl)C1. The highest BCUT2D eigenvalue weighted by Crippen LogP contribution is 2.23. The quantitative estimate of drug-likeness (QED) is 0.868. The van der Waals surface area contributed by atoms with Crippen LogP contribution in [0.4, 0.5) is 5.69 Å². The van der Waals surface area contributed by atoms with E-state index in [-0.39, 0.29) is 5.91 Å². The highest BCUT2D eigenvalue weighted by atomic mass is 35.5. The Balaban J connectivity index is 2.08. The number of nitrogens with zero attached hydrogens (tertiary/aromatic N) is 2. The lowest BCUT2D eigenvalue weighted by atomic mass is 10.2. The van der Waals surface area contributed by atoms with Gasteiger partial charge in [-0.2, -0.15) is 0 Å². The molecule has 1 aromatic rings. The van der Waals surface area contributed by atoms with E-state index in [0.29, 0.717) is 22.3 Å². The number of carbonyl (C=O) groups is 1. The molecule has 1 amide bonds. The molecule has 1 aliphatic rings. The van der Waals surface area contributed by atoms with Crippen LogP contribution in [-0.2, 0) is 0 Å². The summed E-state index contributed by atoms with van der Waals surface area (Å²) in [5.74, 6) is 0.00431. The topological polar surface area (TPSA) is 49.6 Å². The van der Waals surface area contributed by atoms with Crippen molar-refractivity contribution in [2.75, 3.05) is 31.9 Å². The van der Waals surface area contributed by atoms with E-state index in [1.165, 1.54) is 0 Å². The molecule has 0 aliphatic carbocycles. The van der Waals surface area contributed by atoms with Crippen molar-refractivity contribution >= 4 is 23.2 Å². The molecular weight excluding hydrogens is 274 g/mol. The van der Waals surface area contributed by atoms with Crippen molar-refractivity contribution in [1.82, 2.24) is 9.80 Å². The summed E-state index contributed by atoms with van der Waals surface area (Å²) < 4.78 is 0. The van der Waals surface area contributed by atoms with Gasteiger partial charge in [0.1, 0.15) is 0 Å². The van der Waals surface area contributed by atoms with Crippen molar-refractivity contribution in [3.8, 4) is 0 Å². The van der Waals surface area contributed by atoms with E-state index in [2.05, 4.69) is 18.7 Å². The molecule has 1 aromatic carbocycles. The standard InChI is InChI=1S/C15H22ClN3O/c1-3-18(4-2)12-7-8-19(10-12)15(20)13-6-5-11(17)9-14(13)16/h5-6,9,12H,3-4,7-8,10,17H2,1-2H3. The Hall–Kier alpha value is -1.26. The maximum Gasteiger partial charge on any atom is 0.255 e. The second-order valence-corrected chi connectivity index (χ2v) is 5.56. The van der Waals surface area contributed by atoms with E-state index in [9.17, 15) is 4.79 Å². The fourth-order valence-corrected chi connectivity index (χ4v) is 3.11. The molecule has 0 saturated carbocycles. The molecule has 110 valence electrons. The van der Waals surface area contributed by atoms with Crippen molar-refractivity contribution in [1.29, 1.82) is 0 Å². The van der Waals surface area contributed by atoms with Crippen LogP contribution in [0.5, 0.6) is 0 Å². The lowest BCUT2D eigenvalue weighted by Gasteiger charge is -2.26. The Bertz CT molecular complexity index is 488. The van der Waals surface area contributed by atoms with Gasteiger partial charge in [0.05, 0.1) is 10.6 Å². The minimum Gasteiger partial charge on any atom is -0.399 e. The Labute approximate surface area is 125 Å². The summed E-state index contributed by atoms with van der Waals surface area (Å²) >= 11 is 6.12. The average Bonchev–Trinajstić information content (AvgIpc) is 2.89. The lowest BCUT2D eigenvalue weighted by molar-refractivity contribution is 0.0778. The monoisotopic (exact) mass is 295 g/mol. The molecular formula is C15H22ClN3O. The van der Waals surface area contributed by atoms with Gasteiger partial charge in [-0.1, -0.05) is 25.4 Å². The smallest absolute Gasteiger partial charge is 0.255 e. The first-order valence-corrected chi connectivity index (χ1v) is 7.53. The molecule has 4 nitrogen and oxygen atoms in total. The highest BCUT2D eigenvalue weighted by Gasteiger charge is 2.30. The number of likely N-dealkylation sites (N-methyl/N-ethyl adjacent to an activating group) is 1. The molecule has 1 fully saturated rings. The Morgan fingerprint density at radius 2 is 2.15 bits per heavy atom. The summed E-state index contributed by atoms with van der Waals surface area (Å²) in [5.41, 5.74) is 6.78. The summed E-state index contributed by atoms with van der Waals surface area (Å²) in [4.78, 5) is 16.8. The third-order valence-electron chi connectivity index (χ3n) is 4.00. The molecule has 1 saturated heterocycles. The van der Waals surface area contributed by atoms with Crippen molar-refractivity contribution in [2.45, 2.75) is 26.3 Å². The van der Waals surface area contributed by atoms with Crippen LogP contribution in [0.3, 0.4) is 0 Å². The van der Waals surface area contributed by atoms with Gasteiger partial charge < -0.3 is 10.6 Å². The predicted molar refractivity (Wildman–Crippen MR) is 83.1 cm³/mol. The number of carbonyl (C=O) groups excluding carboxylic acids is 1. The highest BCUT2D eigenvalue weighted by molar-refractivity contribution is 6.34. The number of anilines is 1. The van der Waals surface area contributed by atoms with Gasteiger partial charge in [0, 0.05) is 24.8 Å². The normalized spacial score (nSPS) is 18.8. The number of hydrogen-bond donors (Lipinski definition) is 1. The molecule has 0 spiro atoms. The largest absolute Gasteiger partial charge is 0.399 e. The molecule has 2 N–H and O–H groups in total. The van der Waals surface area contributed by atoms with Gasteiger partial charge in [-0.15, -0.1) is 0 Å². The molecule has 1 aliphatic heterocycles. The van der Waals surface area contributed by atoms with Crippen LogP contribution in [0, 0.1) is 0 Å². The van der Waals surface area contributed by atoms with E-state index in [1.54, 1.807) is 18.2 Å². The fourth-order valence-electron chi connectivity index (χ4n) is 2.84. The summed E-state index contributed by atoms with van der Waals surface area (Å²) in [7, 11) is 0. The molecule has 20 heavy (non-hydrogen) atoms. The van der Waals surface area contributed by atoms with Gasteiger partial charge in [-0.05, 0) is 37.7 Å². The van der Waals surface area contributed by atoms with Gasteiger partial charge in [-0.3, -0.25) is 9.69 Å². The first kappa shape index (κ1) is 15.1. The average molecular weight is 296 g/mol. The van der Waals surface area contributed by atoms with Crippen LogP contribution in [0.25, 0.3) is 0 Å². The maximum atomic E-state index is 12.5. The van der Waals surface area contributed by atoms with E-state index < -0.39 is 0 Å². The maximum absolute atomic E-state index is 12.5. The Kier molecular flexibility index (Phi) is 4.89. The molecule has 2 rings (SSSR count). The third kappa shape index (κ3) is 3.07. The number of nitrogen functional groups attached to an aromatic ring is 1. The minimum atomic E-state index is 0.00431. The molecule has 1 unspecified atom stereocenters. The van der Waals surface area contributed by atoms with Gasteiger partial charge in [0.25, 0.3) is 5.91 Å². The van der Waals surface area contributed by atoms with Gasteiger partial charge in [-0.25, -0.2) is 0 Å². The number of rotatable bonds is 4. The minimum absolute atomic E-state index is 0.00431. The zero-order valence-electron chi connectivity index (χ0n) is 12.1. The zero-order valence-corrected chi connectivity index (χ0v) is 12.9. The summed E-state index contributed by atoms with van der Waals surface area (Å²) in [5, 5.41) is 0.432. The first-order chi connectivity index (χ1) is 9.56. The van der Waals surface area contributed by atoms with Crippen molar-refractivity contribution in [3.05, 3.63) is 28.8 Å². The van der Waals surface area contributed by atoms with Gasteiger partial charge >= 0.3 is 0 Å². The van der Waals surface area contributed by atoms with Crippen LogP contribution in [0.2, 0.25) is 5.02 Å². The lowest BCUT2D eigenvalue weighted by Crippen LogP contribution is -2.38. The number of amides is 1. The Morgan fingerprint density at radius 3 is 2.75 bits per heavy atom. The van der Waals surface area contributed by atoms with E-state index in [4.69, 9.17) is 17.3 Å². The number of nitrogens with two attached hydrogens (primary N) is 1. The third-order valence-corrected chi connectivity index (χ3v) is 4.32. The number of benzene rings is 1. The van der Waals surface area contributed by atoms with Crippen molar-refractivity contribution in [2.24, 2.45) is 0 Å². The van der Waals surface area contributed by atoms with E-state index in [0.717, 1.165) is 32.6 Å².